The summed E-state index contributed by atoms with van der Waals surface area (Å²) >= 11 is 0. The molecule has 1 N–H and O–H groups in total. The van der Waals surface area contributed by atoms with Gasteiger partial charge in [-0.1, -0.05) is 0 Å². The van der Waals surface area contributed by atoms with Crippen LogP contribution in [0.5, 0.6) is 0 Å². The highest BCUT2D eigenvalue weighted by Crippen LogP contribution is 2.22. The molecule has 1 aliphatic rings. The number of nitrogens with one attached hydrogen (secondary N) is 1. The molecule has 3 nitrogen and oxygen atoms in total. The Balaban J connectivity index is 2.48. The number of hydrogen-bond acceptors (Lipinski definition) is 2. The van der Waals surface area contributed by atoms with Gasteiger partial charge in [-0.2, -0.15) is 0 Å². The van der Waals surface area contributed by atoms with Crippen LogP contribution in [0.25, 0.3) is 0 Å². The van der Waals surface area contributed by atoms with Crippen molar-refractivity contribution in [1.29, 1.82) is 0 Å². The highest BCUT2D eigenvalue weighted by Gasteiger charge is 2.19. The van der Waals surface area contributed by atoms with Crippen LogP contribution in [0, 0.1) is 6.92 Å². The van der Waals surface area contributed by atoms with E-state index < -0.39 is 0 Å². The number of carbonyl (C=O) groups excluding carboxylic acids is 1. The largest absolute Gasteiger partial charge is 0.362 e. The predicted molar refractivity (Wildman–Crippen MR) is 51.0 cm³/mol. The van der Waals surface area contributed by atoms with Crippen LogP contribution in [0.1, 0.15) is 27.3 Å². The van der Waals surface area contributed by atoms with E-state index in [0.717, 1.165) is 37.1 Å². The van der Waals surface area contributed by atoms with Crippen LogP contribution in [0.15, 0.2) is 0 Å². The predicted octanol–water partition coefficient (Wildman–Crippen LogP) is 1.12. The van der Waals surface area contributed by atoms with Gasteiger partial charge in [-0.25, -0.2) is 0 Å². The van der Waals surface area contributed by atoms with Crippen LogP contribution in [0.4, 0.5) is 0 Å². The Hall–Kier alpha value is -1.09. The van der Waals surface area contributed by atoms with Gasteiger partial charge in [-0.3, -0.25) is 4.79 Å². The van der Waals surface area contributed by atoms with E-state index in [1.165, 1.54) is 11.3 Å². The second kappa shape index (κ2) is 3.00. The molecule has 0 aliphatic carbocycles. The van der Waals surface area contributed by atoms with Gasteiger partial charge in [0.1, 0.15) is 0 Å². The normalized spacial score (nSPS) is 17.1. The highest BCUT2D eigenvalue weighted by molar-refractivity contribution is 5.80. The van der Waals surface area contributed by atoms with Crippen LogP contribution >= 0.6 is 0 Å². The van der Waals surface area contributed by atoms with Crippen molar-refractivity contribution >= 4 is 6.29 Å². The molecule has 0 unspecified atom stereocenters. The molecule has 3 heteroatoms. The van der Waals surface area contributed by atoms with E-state index in [1.807, 2.05) is 6.92 Å². The molecular formula is C10H14N2O. The molecule has 2 rings (SSSR count). The lowest BCUT2D eigenvalue weighted by Crippen LogP contribution is -2.26. The van der Waals surface area contributed by atoms with Crippen molar-refractivity contribution in [2.24, 2.45) is 0 Å². The molecule has 0 atom stereocenters. The van der Waals surface area contributed by atoms with Gasteiger partial charge in [-0.05, 0) is 19.5 Å². The van der Waals surface area contributed by atoms with Crippen molar-refractivity contribution < 1.29 is 4.79 Å². The Labute approximate surface area is 77.7 Å². The standard InChI is InChI=1S/C10H14N2O/c1-7-9(6-13)8-5-12(2)4-3-10(8)11-7/h6,11H,3-5H2,1-2H3. The molecule has 13 heavy (non-hydrogen) atoms. The van der Waals surface area contributed by atoms with Gasteiger partial charge in [0.15, 0.2) is 6.29 Å². The molecule has 0 aromatic carbocycles. The third-order valence-electron chi connectivity index (χ3n) is 2.72. The lowest BCUT2D eigenvalue weighted by Gasteiger charge is -2.22. The summed E-state index contributed by atoms with van der Waals surface area (Å²) in [6.45, 7) is 3.93. The number of aryl methyl sites for hydroxylation is 1. The minimum atomic E-state index is 0.863. The molecule has 0 bridgehead atoms. The summed E-state index contributed by atoms with van der Waals surface area (Å²) in [5.41, 5.74) is 4.32. The van der Waals surface area contributed by atoms with Crippen LogP contribution in [0.3, 0.4) is 0 Å². The van der Waals surface area contributed by atoms with E-state index in [9.17, 15) is 4.79 Å². The average molecular weight is 178 g/mol. The Bertz CT molecular complexity index is 341. The topological polar surface area (TPSA) is 36.1 Å². The first-order valence-electron chi connectivity index (χ1n) is 4.56. The zero-order chi connectivity index (χ0) is 9.42. The van der Waals surface area contributed by atoms with Crippen LogP contribution in [-0.4, -0.2) is 29.8 Å². The summed E-state index contributed by atoms with van der Waals surface area (Å²) in [5.74, 6) is 0. The van der Waals surface area contributed by atoms with E-state index >= 15 is 0 Å². The Morgan fingerprint density at radius 3 is 3.00 bits per heavy atom. The highest BCUT2D eigenvalue weighted by atomic mass is 16.1. The number of H-pyrrole nitrogens is 1. The summed E-state index contributed by atoms with van der Waals surface area (Å²) in [6, 6.07) is 0. The molecule has 1 aliphatic heterocycles. The van der Waals surface area contributed by atoms with Crippen molar-refractivity contribution in [3.8, 4) is 0 Å². The molecular weight excluding hydrogens is 164 g/mol. The number of aromatic nitrogens is 1. The maximum absolute atomic E-state index is 10.8. The van der Waals surface area contributed by atoms with Gasteiger partial charge in [-0.15, -0.1) is 0 Å². The molecule has 2 heterocycles. The van der Waals surface area contributed by atoms with Crippen LogP contribution in [0.2, 0.25) is 0 Å². The molecule has 1 aromatic heterocycles. The monoisotopic (exact) mass is 178 g/mol. The SMILES string of the molecule is Cc1[nH]c2c(c1C=O)CN(C)CC2. The van der Waals surface area contributed by atoms with Gasteiger partial charge in [0, 0.05) is 36.5 Å². The van der Waals surface area contributed by atoms with E-state index in [0.29, 0.717) is 0 Å². The first-order chi connectivity index (χ1) is 6.22. The molecule has 70 valence electrons. The van der Waals surface area contributed by atoms with E-state index in [1.54, 1.807) is 0 Å². The maximum atomic E-state index is 10.8. The van der Waals surface area contributed by atoms with Gasteiger partial charge < -0.3 is 9.88 Å². The summed E-state index contributed by atoms with van der Waals surface area (Å²) in [6.07, 6.45) is 1.99. The number of nitrogens with zero attached hydrogens (tertiary/aromatic N) is 1. The molecule has 0 saturated heterocycles. The zero-order valence-corrected chi connectivity index (χ0v) is 8.05. The molecule has 0 radical (unpaired) electrons. The minimum absolute atomic E-state index is 0.863. The number of rotatable bonds is 1. The second-order valence-electron chi connectivity index (χ2n) is 3.73. The third-order valence-corrected chi connectivity index (χ3v) is 2.72. The Morgan fingerprint density at radius 1 is 1.54 bits per heavy atom. The Kier molecular flexibility index (Phi) is 1.96. The summed E-state index contributed by atoms with van der Waals surface area (Å²) in [7, 11) is 2.08. The number of hydrogen-bond donors (Lipinski definition) is 1. The lowest BCUT2D eigenvalue weighted by atomic mass is 10.0. The van der Waals surface area contributed by atoms with Crippen LogP contribution < -0.4 is 0 Å². The number of likely N-dealkylation sites (N-methyl/N-ethyl adjacent to an activating group) is 1. The lowest BCUT2D eigenvalue weighted by molar-refractivity contribution is 0.112. The molecule has 0 fully saturated rings. The van der Waals surface area contributed by atoms with Crippen molar-refractivity contribution in [3.63, 3.8) is 0 Å². The first kappa shape index (κ1) is 8.51. The van der Waals surface area contributed by atoms with Gasteiger partial charge in [0.25, 0.3) is 0 Å². The fourth-order valence-electron chi connectivity index (χ4n) is 1.96. The minimum Gasteiger partial charge on any atom is -0.362 e. The molecule has 0 amide bonds. The van der Waals surface area contributed by atoms with Crippen molar-refractivity contribution in [2.75, 3.05) is 13.6 Å². The van der Waals surface area contributed by atoms with Crippen molar-refractivity contribution in [1.82, 2.24) is 9.88 Å². The number of carbonyl (C=O) groups is 1. The zero-order valence-electron chi connectivity index (χ0n) is 8.05. The first-order valence-corrected chi connectivity index (χ1v) is 4.56. The number of aldehydes is 1. The van der Waals surface area contributed by atoms with Crippen molar-refractivity contribution in [3.05, 3.63) is 22.5 Å². The summed E-state index contributed by atoms with van der Waals surface area (Å²) < 4.78 is 0. The summed E-state index contributed by atoms with van der Waals surface area (Å²) in [5, 5.41) is 0. The molecule has 0 spiro atoms. The molecule has 0 saturated carbocycles. The molecule has 1 aromatic rings. The van der Waals surface area contributed by atoms with Gasteiger partial charge in [0.05, 0.1) is 0 Å². The Morgan fingerprint density at radius 2 is 2.31 bits per heavy atom. The fourth-order valence-corrected chi connectivity index (χ4v) is 1.96. The number of fused-ring (bicyclic) bond motifs is 1. The van der Waals surface area contributed by atoms with Gasteiger partial charge >= 0.3 is 0 Å². The van der Waals surface area contributed by atoms with E-state index in [2.05, 4.69) is 16.9 Å². The average Bonchev–Trinajstić information content (AvgIpc) is 2.40. The van der Waals surface area contributed by atoms with E-state index in [-0.39, 0.29) is 0 Å². The smallest absolute Gasteiger partial charge is 0.152 e. The third kappa shape index (κ3) is 1.29. The fraction of sp³-hybridized carbons (Fsp3) is 0.500. The second-order valence-corrected chi connectivity index (χ2v) is 3.73. The maximum Gasteiger partial charge on any atom is 0.152 e. The van der Waals surface area contributed by atoms with Crippen LogP contribution in [-0.2, 0) is 13.0 Å². The number of aromatic amines is 1. The van der Waals surface area contributed by atoms with Crippen molar-refractivity contribution in [2.45, 2.75) is 19.9 Å². The quantitative estimate of drug-likeness (QED) is 0.654. The van der Waals surface area contributed by atoms with Gasteiger partial charge in [0.2, 0.25) is 0 Å². The van der Waals surface area contributed by atoms with E-state index in [4.69, 9.17) is 0 Å². The summed E-state index contributed by atoms with van der Waals surface area (Å²) in [4.78, 5) is 16.3.